The first-order chi connectivity index (χ1) is 17.1. The highest BCUT2D eigenvalue weighted by atomic mass is 19.1. The van der Waals surface area contributed by atoms with E-state index in [0.717, 1.165) is 64.8 Å². The number of pyridine rings is 1. The van der Waals surface area contributed by atoms with E-state index in [1.165, 1.54) is 23.3 Å². The van der Waals surface area contributed by atoms with Crippen molar-refractivity contribution in [1.82, 2.24) is 20.2 Å². The highest BCUT2D eigenvalue weighted by Crippen LogP contribution is 2.46. The molecule has 0 unspecified atom stereocenters. The lowest BCUT2D eigenvalue weighted by molar-refractivity contribution is 0.457. The molecule has 0 atom stereocenters. The van der Waals surface area contributed by atoms with Gasteiger partial charge in [-0.25, -0.2) is 9.37 Å². The highest BCUT2D eigenvalue weighted by Gasteiger charge is 2.27. The summed E-state index contributed by atoms with van der Waals surface area (Å²) in [5.74, 6) is -0.393. The van der Waals surface area contributed by atoms with Gasteiger partial charge >= 0.3 is 0 Å². The molecule has 35 heavy (non-hydrogen) atoms. The molecule has 2 aromatic carbocycles. The van der Waals surface area contributed by atoms with Gasteiger partial charge in [-0.3, -0.25) is 5.10 Å². The summed E-state index contributed by atoms with van der Waals surface area (Å²) in [6.07, 6.45) is 7.76. The van der Waals surface area contributed by atoms with Crippen LogP contribution in [0.25, 0.3) is 44.8 Å². The fraction of sp³-hybridized carbons (Fsp3) is 0.185. The number of aryl methyl sites for hydroxylation is 2. The molecule has 0 fully saturated rings. The molecule has 0 bridgehead atoms. The van der Waals surface area contributed by atoms with Gasteiger partial charge in [0, 0.05) is 38.7 Å². The number of azo groups is 1. The number of benzene rings is 2. The molecular formula is C27H21FN6O. The van der Waals surface area contributed by atoms with Crippen LogP contribution in [0.3, 0.4) is 0 Å². The fourth-order valence-corrected chi connectivity index (χ4v) is 5.48. The second-order valence-corrected chi connectivity index (χ2v) is 9.19. The second kappa shape index (κ2) is 7.33. The highest BCUT2D eigenvalue weighted by molar-refractivity contribution is 6.06. The van der Waals surface area contributed by atoms with Gasteiger partial charge in [0.15, 0.2) is 5.88 Å². The summed E-state index contributed by atoms with van der Waals surface area (Å²) in [4.78, 5) is 8.02. The summed E-state index contributed by atoms with van der Waals surface area (Å²) in [5, 5.41) is 28.4. The van der Waals surface area contributed by atoms with E-state index in [1.807, 2.05) is 25.3 Å². The minimum atomic E-state index is -0.365. The first-order valence-electron chi connectivity index (χ1n) is 11.7. The summed E-state index contributed by atoms with van der Waals surface area (Å²) in [7, 11) is 0. The van der Waals surface area contributed by atoms with Crippen molar-refractivity contribution in [2.45, 2.75) is 32.6 Å². The van der Waals surface area contributed by atoms with Gasteiger partial charge in [-0.2, -0.15) is 5.10 Å². The van der Waals surface area contributed by atoms with E-state index in [9.17, 15) is 9.50 Å². The predicted molar refractivity (Wildman–Crippen MR) is 133 cm³/mol. The zero-order valence-electron chi connectivity index (χ0n) is 19.0. The second-order valence-electron chi connectivity index (χ2n) is 9.19. The number of fused-ring (bicyclic) bond motifs is 6. The Balaban J connectivity index is 1.50. The van der Waals surface area contributed by atoms with Crippen molar-refractivity contribution in [2.75, 3.05) is 0 Å². The molecule has 7 nitrogen and oxygen atoms in total. The maximum atomic E-state index is 14.0. The molecule has 3 N–H and O–H groups in total. The molecule has 0 saturated carbocycles. The zero-order chi connectivity index (χ0) is 23.7. The van der Waals surface area contributed by atoms with Gasteiger partial charge in [-0.05, 0) is 80.1 Å². The van der Waals surface area contributed by atoms with Crippen molar-refractivity contribution in [3.8, 4) is 17.1 Å². The number of H-pyrrole nitrogens is 2. The summed E-state index contributed by atoms with van der Waals surface area (Å²) < 4.78 is 14.0. The van der Waals surface area contributed by atoms with Crippen LogP contribution in [-0.4, -0.2) is 25.3 Å². The van der Waals surface area contributed by atoms with Crippen molar-refractivity contribution in [3.05, 3.63) is 70.3 Å². The van der Waals surface area contributed by atoms with Gasteiger partial charge < -0.3 is 10.1 Å². The molecule has 2 aliphatic rings. The summed E-state index contributed by atoms with van der Waals surface area (Å²) in [5.41, 5.74) is 9.89. The SMILES string of the molecule is Cc1[nH]ncc1-c1nc2ccc3c(c2c2c1CCCC2)C(=Cc1c(O)[nH]c2ccc(F)cc12)N=N3. The zero-order valence-corrected chi connectivity index (χ0v) is 19.0. The average Bonchev–Trinajstić information content (AvgIpc) is 3.56. The number of halogens is 1. The molecular weight excluding hydrogens is 443 g/mol. The lowest BCUT2D eigenvalue weighted by atomic mass is 9.84. The third-order valence-corrected chi connectivity index (χ3v) is 7.12. The maximum Gasteiger partial charge on any atom is 0.196 e. The average molecular weight is 465 g/mol. The Morgan fingerprint density at radius 2 is 1.91 bits per heavy atom. The number of rotatable bonds is 2. The number of aromatic amines is 2. The molecule has 4 heterocycles. The smallest absolute Gasteiger partial charge is 0.196 e. The number of aromatic nitrogens is 4. The van der Waals surface area contributed by atoms with E-state index in [-0.39, 0.29) is 11.7 Å². The molecule has 8 heteroatoms. The first kappa shape index (κ1) is 20.1. The molecule has 172 valence electrons. The molecule has 0 saturated heterocycles. The van der Waals surface area contributed by atoms with Crippen LogP contribution in [0.5, 0.6) is 5.88 Å². The molecule has 5 aromatic rings. The van der Waals surface area contributed by atoms with Crippen LogP contribution in [-0.2, 0) is 12.8 Å². The van der Waals surface area contributed by atoms with E-state index in [0.29, 0.717) is 22.2 Å². The Labute approximate surface area is 199 Å². The number of nitrogens with zero attached hydrogens (tertiary/aromatic N) is 4. The lowest BCUT2D eigenvalue weighted by Gasteiger charge is -2.22. The topological polar surface area (TPSA) is 102 Å². The van der Waals surface area contributed by atoms with E-state index >= 15 is 0 Å². The monoisotopic (exact) mass is 464 g/mol. The Bertz CT molecular complexity index is 1740. The van der Waals surface area contributed by atoms with E-state index in [1.54, 1.807) is 12.1 Å². The summed E-state index contributed by atoms with van der Waals surface area (Å²) in [6, 6.07) is 8.33. The van der Waals surface area contributed by atoms with Crippen LogP contribution in [0.4, 0.5) is 10.1 Å². The van der Waals surface area contributed by atoms with Crippen molar-refractivity contribution in [3.63, 3.8) is 0 Å². The Kier molecular flexibility index (Phi) is 4.21. The van der Waals surface area contributed by atoms with Gasteiger partial charge in [0.2, 0.25) is 0 Å². The number of hydrogen-bond donors (Lipinski definition) is 3. The van der Waals surface area contributed by atoms with Crippen LogP contribution in [0, 0.1) is 12.7 Å². The summed E-state index contributed by atoms with van der Waals surface area (Å²) in [6.45, 7) is 2.02. The molecule has 1 aliphatic heterocycles. The molecule has 3 aromatic heterocycles. The van der Waals surface area contributed by atoms with Gasteiger partial charge in [0.05, 0.1) is 28.8 Å². The van der Waals surface area contributed by atoms with Crippen molar-refractivity contribution < 1.29 is 9.50 Å². The van der Waals surface area contributed by atoms with E-state index in [4.69, 9.17) is 4.98 Å². The van der Waals surface area contributed by atoms with Gasteiger partial charge in [0.25, 0.3) is 0 Å². The van der Waals surface area contributed by atoms with Gasteiger partial charge in [-0.1, -0.05) is 0 Å². The van der Waals surface area contributed by atoms with Gasteiger partial charge in [0.1, 0.15) is 5.82 Å². The molecule has 1 aliphatic carbocycles. The first-order valence-corrected chi connectivity index (χ1v) is 11.7. The molecule has 0 spiro atoms. The molecule has 7 rings (SSSR count). The van der Waals surface area contributed by atoms with Crippen molar-refractivity contribution in [2.24, 2.45) is 10.2 Å². The largest absolute Gasteiger partial charge is 0.494 e. The molecule has 0 amide bonds. The van der Waals surface area contributed by atoms with Crippen LogP contribution >= 0.6 is 0 Å². The summed E-state index contributed by atoms with van der Waals surface area (Å²) >= 11 is 0. The Morgan fingerprint density at radius 3 is 2.74 bits per heavy atom. The Morgan fingerprint density at radius 1 is 1.06 bits per heavy atom. The minimum Gasteiger partial charge on any atom is -0.494 e. The standard InChI is InChI=1S/C27H21FN6O/c1-13-19(12-29-32-13)26-16-5-3-2-4-15(16)24-21(30-26)8-9-22-25(24)23(34-33-22)11-18-17-10-14(28)6-7-20(17)31-27(18)35/h6-12,31,35H,2-5H2,1H3,(H,29,32). The third kappa shape index (κ3) is 2.96. The van der Waals surface area contributed by atoms with Crippen LogP contribution in [0.15, 0.2) is 46.8 Å². The van der Waals surface area contributed by atoms with Crippen molar-refractivity contribution in [1.29, 1.82) is 0 Å². The van der Waals surface area contributed by atoms with E-state index < -0.39 is 0 Å². The van der Waals surface area contributed by atoms with Crippen molar-refractivity contribution >= 4 is 39.3 Å². The number of nitrogens with one attached hydrogen (secondary N) is 2. The maximum absolute atomic E-state index is 14.0. The minimum absolute atomic E-state index is 0.0279. The van der Waals surface area contributed by atoms with Crippen LogP contribution < -0.4 is 0 Å². The number of aromatic hydroxyl groups is 1. The fourth-order valence-electron chi connectivity index (χ4n) is 5.48. The Hall–Kier alpha value is -4.33. The van der Waals surface area contributed by atoms with E-state index in [2.05, 4.69) is 25.4 Å². The lowest BCUT2D eigenvalue weighted by Crippen LogP contribution is -2.08. The molecule has 0 radical (unpaired) electrons. The predicted octanol–water partition coefficient (Wildman–Crippen LogP) is 6.73. The number of hydrogen-bond acceptors (Lipinski definition) is 5. The van der Waals surface area contributed by atoms with Crippen LogP contribution in [0.1, 0.15) is 40.8 Å². The normalized spacial score (nSPS) is 15.9. The third-order valence-electron chi connectivity index (χ3n) is 7.12. The van der Waals surface area contributed by atoms with Crippen LogP contribution in [0.2, 0.25) is 0 Å². The van der Waals surface area contributed by atoms with Gasteiger partial charge in [-0.15, -0.1) is 10.2 Å². The quantitative estimate of drug-likeness (QED) is 0.270.